The third kappa shape index (κ3) is 5.67. The van der Waals surface area contributed by atoms with Gasteiger partial charge >= 0.3 is 0 Å². The lowest BCUT2D eigenvalue weighted by molar-refractivity contribution is 0.102. The van der Waals surface area contributed by atoms with Crippen molar-refractivity contribution in [1.29, 1.82) is 0 Å². The first-order valence-electron chi connectivity index (χ1n) is 8.72. The van der Waals surface area contributed by atoms with E-state index in [1.165, 1.54) is 4.31 Å². The van der Waals surface area contributed by atoms with E-state index in [-0.39, 0.29) is 12.5 Å². The van der Waals surface area contributed by atoms with Crippen molar-refractivity contribution in [3.05, 3.63) is 92.9 Å². The maximum Gasteiger partial charge on any atom is 0.255 e. The quantitative estimate of drug-likeness (QED) is 0.477. The second-order valence-corrected chi connectivity index (χ2v) is 9.69. The molecule has 3 aromatic rings. The number of nitrogens with zero attached hydrogens (tertiary/aromatic N) is 1. The lowest BCUT2D eigenvalue weighted by Crippen LogP contribution is -2.29. The summed E-state index contributed by atoms with van der Waals surface area (Å²) < 4.78 is 25.8. The highest BCUT2D eigenvalue weighted by atomic mass is 35.5. The normalized spacial score (nSPS) is 11.2. The summed E-state index contributed by atoms with van der Waals surface area (Å²) in [4.78, 5) is 12.5. The highest BCUT2D eigenvalue weighted by Gasteiger charge is 2.18. The Morgan fingerprint density at radius 3 is 2.23 bits per heavy atom. The Morgan fingerprint density at radius 1 is 0.933 bits per heavy atom. The summed E-state index contributed by atoms with van der Waals surface area (Å²) in [6.45, 7) is 0.105. The molecule has 0 aromatic heterocycles. The predicted octanol–water partition coefficient (Wildman–Crippen LogP) is 5.87. The molecule has 0 aliphatic carbocycles. The molecule has 0 radical (unpaired) electrons. The topological polar surface area (TPSA) is 66.5 Å². The number of carbonyl (C=O) groups is 1. The van der Waals surface area contributed by atoms with Crippen molar-refractivity contribution in [2.24, 2.45) is 0 Å². The van der Waals surface area contributed by atoms with Crippen molar-refractivity contribution in [3.63, 3.8) is 0 Å². The van der Waals surface area contributed by atoms with E-state index in [9.17, 15) is 13.2 Å². The van der Waals surface area contributed by atoms with Crippen LogP contribution in [0.2, 0.25) is 15.1 Å². The van der Waals surface area contributed by atoms with Crippen LogP contribution in [0.4, 0.5) is 11.4 Å². The molecule has 0 bridgehead atoms. The number of benzene rings is 3. The van der Waals surface area contributed by atoms with Crippen molar-refractivity contribution in [3.8, 4) is 0 Å². The molecule has 0 saturated heterocycles. The van der Waals surface area contributed by atoms with E-state index in [2.05, 4.69) is 5.32 Å². The number of carbonyl (C=O) groups excluding carboxylic acids is 1. The van der Waals surface area contributed by atoms with Gasteiger partial charge in [-0.05, 0) is 54.1 Å². The van der Waals surface area contributed by atoms with E-state index in [0.29, 0.717) is 37.6 Å². The zero-order chi connectivity index (χ0) is 21.9. The molecule has 3 aromatic carbocycles. The van der Waals surface area contributed by atoms with Crippen LogP contribution >= 0.6 is 34.8 Å². The second-order valence-electron chi connectivity index (χ2n) is 6.53. The Balaban J connectivity index is 1.76. The Kier molecular flexibility index (Phi) is 6.93. The largest absolute Gasteiger partial charge is 0.322 e. The summed E-state index contributed by atoms with van der Waals surface area (Å²) in [6, 6.07) is 18.1. The van der Waals surface area contributed by atoms with Crippen LogP contribution < -0.4 is 9.62 Å². The summed E-state index contributed by atoms with van der Waals surface area (Å²) in [5.41, 5.74) is 2.11. The molecule has 0 aliphatic rings. The van der Waals surface area contributed by atoms with Gasteiger partial charge < -0.3 is 5.32 Å². The first kappa shape index (κ1) is 22.4. The van der Waals surface area contributed by atoms with Crippen LogP contribution in [-0.2, 0) is 16.6 Å². The van der Waals surface area contributed by atoms with Crippen molar-refractivity contribution < 1.29 is 13.2 Å². The number of hydrogen-bond acceptors (Lipinski definition) is 3. The zero-order valence-corrected chi connectivity index (χ0v) is 18.9. The zero-order valence-electron chi connectivity index (χ0n) is 15.8. The van der Waals surface area contributed by atoms with Crippen LogP contribution in [0.5, 0.6) is 0 Å². The molecule has 156 valence electrons. The molecule has 1 N–H and O–H groups in total. The van der Waals surface area contributed by atoms with Crippen LogP contribution in [0.3, 0.4) is 0 Å². The summed E-state index contributed by atoms with van der Waals surface area (Å²) in [5, 5.41) is 3.92. The molecule has 9 heteroatoms. The number of nitrogens with one attached hydrogen (secondary N) is 1. The molecule has 0 fully saturated rings. The van der Waals surface area contributed by atoms with Gasteiger partial charge in [-0.2, -0.15) is 0 Å². The maximum absolute atomic E-state index is 12.5. The second kappa shape index (κ2) is 9.27. The number of halogens is 3. The van der Waals surface area contributed by atoms with Gasteiger partial charge in [0.15, 0.2) is 0 Å². The van der Waals surface area contributed by atoms with Crippen LogP contribution in [0.15, 0.2) is 66.7 Å². The number of rotatable bonds is 6. The SMILES string of the molecule is CS(=O)(=O)N(Cc1ccc(C(=O)Nc2ccc(Cl)c(Cl)c2)cc1)c1cccc(Cl)c1. The van der Waals surface area contributed by atoms with E-state index >= 15 is 0 Å². The van der Waals surface area contributed by atoms with Gasteiger partial charge in [-0.1, -0.05) is 53.0 Å². The predicted molar refractivity (Wildman–Crippen MR) is 123 cm³/mol. The van der Waals surface area contributed by atoms with E-state index in [1.807, 2.05) is 0 Å². The molecule has 0 aliphatic heterocycles. The van der Waals surface area contributed by atoms with Crippen LogP contribution in [0, 0.1) is 0 Å². The number of anilines is 2. The number of hydrogen-bond donors (Lipinski definition) is 1. The summed E-state index contributed by atoms with van der Waals surface area (Å²) in [5.74, 6) is -0.324. The smallest absolute Gasteiger partial charge is 0.255 e. The molecular formula is C21H17Cl3N2O3S. The molecule has 5 nitrogen and oxygen atoms in total. The summed E-state index contributed by atoms with van der Waals surface area (Å²) >= 11 is 17.8. The van der Waals surface area contributed by atoms with Crippen molar-refractivity contribution in [2.75, 3.05) is 15.9 Å². The molecular weight excluding hydrogens is 467 g/mol. The fourth-order valence-electron chi connectivity index (χ4n) is 2.74. The molecule has 0 saturated carbocycles. The molecule has 0 unspecified atom stereocenters. The minimum absolute atomic E-state index is 0.105. The number of amides is 1. The van der Waals surface area contributed by atoms with E-state index in [4.69, 9.17) is 34.8 Å². The summed E-state index contributed by atoms with van der Waals surface area (Å²) in [6.07, 6.45) is 1.13. The van der Waals surface area contributed by atoms with Crippen molar-refractivity contribution in [1.82, 2.24) is 0 Å². The third-order valence-electron chi connectivity index (χ3n) is 4.22. The van der Waals surface area contributed by atoms with Gasteiger partial charge in [0, 0.05) is 16.3 Å². The Morgan fingerprint density at radius 2 is 1.63 bits per heavy atom. The Hall–Kier alpha value is -2.25. The Bertz CT molecular complexity index is 1180. The molecule has 0 atom stereocenters. The number of sulfonamides is 1. The maximum atomic E-state index is 12.5. The van der Waals surface area contributed by atoms with Crippen LogP contribution in [0.25, 0.3) is 0 Å². The molecule has 3 rings (SSSR count). The van der Waals surface area contributed by atoms with Gasteiger partial charge in [0.2, 0.25) is 10.0 Å². The van der Waals surface area contributed by atoms with Gasteiger partial charge in [0.05, 0.1) is 28.5 Å². The van der Waals surface area contributed by atoms with Crippen LogP contribution in [-0.4, -0.2) is 20.6 Å². The highest BCUT2D eigenvalue weighted by Crippen LogP contribution is 2.26. The van der Waals surface area contributed by atoms with E-state index < -0.39 is 10.0 Å². The van der Waals surface area contributed by atoms with Gasteiger partial charge in [0.1, 0.15) is 0 Å². The Labute approximate surface area is 190 Å². The van der Waals surface area contributed by atoms with Gasteiger partial charge in [-0.25, -0.2) is 8.42 Å². The fourth-order valence-corrected chi connectivity index (χ4v) is 4.10. The third-order valence-corrected chi connectivity index (χ3v) is 6.33. The molecule has 30 heavy (non-hydrogen) atoms. The average molecular weight is 484 g/mol. The van der Waals surface area contributed by atoms with E-state index in [0.717, 1.165) is 6.26 Å². The minimum Gasteiger partial charge on any atom is -0.322 e. The minimum atomic E-state index is -3.54. The van der Waals surface area contributed by atoms with E-state index in [1.54, 1.807) is 66.7 Å². The van der Waals surface area contributed by atoms with Gasteiger partial charge in [0.25, 0.3) is 5.91 Å². The highest BCUT2D eigenvalue weighted by molar-refractivity contribution is 7.92. The van der Waals surface area contributed by atoms with Crippen molar-refractivity contribution in [2.45, 2.75) is 6.54 Å². The first-order chi connectivity index (χ1) is 14.1. The van der Waals surface area contributed by atoms with Gasteiger partial charge in [-0.15, -0.1) is 0 Å². The van der Waals surface area contributed by atoms with Crippen LogP contribution in [0.1, 0.15) is 15.9 Å². The molecule has 1 amide bonds. The first-order valence-corrected chi connectivity index (χ1v) is 11.7. The average Bonchev–Trinajstić information content (AvgIpc) is 2.68. The fraction of sp³-hybridized carbons (Fsp3) is 0.0952. The summed E-state index contributed by atoms with van der Waals surface area (Å²) in [7, 11) is -3.54. The lowest BCUT2D eigenvalue weighted by Gasteiger charge is -2.22. The molecule has 0 spiro atoms. The monoisotopic (exact) mass is 482 g/mol. The lowest BCUT2D eigenvalue weighted by atomic mass is 10.1. The van der Waals surface area contributed by atoms with Crippen molar-refractivity contribution >= 4 is 62.1 Å². The van der Waals surface area contributed by atoms with Gasteiger partial charge in [-0.3, -0.25) is 9.10 Å². The molecule has 0 heterocycles. The standard InChI is InChI=1S/C21H17Cl3N2O3S/c1-30(28,29)26(18-4-2-3-16(22)11-18)13-14-5-7-15(8-6-14)21(27)25-17-9-10-19(23)20(24)12-17/h2-12H,13H2,1H3,(H,25,27).